The predicted octanol–water partition coefficient (Wildman–Crippen LogP) is -0.640. The van der Waals surface area contributed by atoms with Crippen molar-refractivity contribution in [2.45, 2.75) is 25.3 Å². The third-order valence-corrected chi connectivity index (χ3v) is 4.21. The predicted molar refractivity (Wildman–Crippen MR) is 53.9 cm³/mol. The van der Waals surface area contributed by atoms with Gasteiger partial charge in [-0.1, -0.05) is 6.42 Å². The van der Waals surface area contributed by atoms with Gasteiger partial charge in [0.2, 0.25) is 0 Å². The van der Waals surface area contributed by atoms with Crippen LogP contribution in [0.25, 0.3) is 0 Å². The van der Waals surface area contributed by atoms with E-state index in [0.717, 1.165) is 19.5 Å². The maximum Gasteiger partial charge on any atom is 0.276 e. The molecule has 2 aliphatic rings. The topological polar surface area (TPSA) is 66.6 Å². The van der Waals surface area contributed by atoms with Gasteiger partial charge in [0.05, 0.1) is 0 Å². The summed E-state index contributed by atoms with van der Waals surface area (Å²) < 4.78 is 23.7. The number of nitrogens with zero attached hydrogens (tertiary/aromatic N) is 2. The Bertz CT molecular complexity index is 304. The lowest BCUT2D eigenvalue weighted by Gasteiger charge is -2.42. The molecule has 0 amide bonds. The van der Waals surface area contributed by atoms with Crippen molar-refractivity contribution in [3.63, 3.8) is 0 Å². The summed E-state index contributed by atoms with van der Waals surface area (Å²) in [6.45, 7) is 3.08. The van der Waals surface area contributed by atoms with E-state index in [-0.39, 0.29) is 0 Å². The van der Waals surface area contributed by atoms with Crippen molar-refractivity contribution in [1.82, 2.24) is 9.21 Å². The molecule has 6 heteroatoms. The van der Waals surface area contributed by atoms with Gasteiger partial charge in [-0.25, -0.2) is 5.14 Å². The molecule has 0 bridgehead atoms. The van der Waals surface area contributed by atoms with Crippen LogP contribution in [0.1, 0.15) is 19.3 Å². The van der Waals surface area contributed by atoms with E-state index < -0.39 is 10.2 Å². The second kappa shape index (κ2) is 3.77. The number of piperidine rings is 1. The molecule has 14 heavy (non-hydrogen) atoms. The molecule has 2 N–H and O–H groups in total. The molecule has 5 nitrogen and oxygen atoms in total. The molecule has 0 saturated carbocycles. The number of fused-ring (bicyclic) bond motifs is 1. The molecule has 2 fully saturated rings. The summed E-state index contributed by atoms with van der Waals surface area (Å²) >= 11 is 0. The third-order valence-electron chi connectivity index (χ3n) is 3.16. The number of hydrogen-bond acceptors (Lipinski definition) is 3. The van der Waals surface area contributed by atoms with Gasteiger partial charge in [0.1, 0.15) is 0 Å². The van der Waals surface area contributed by atoms with Crippen molar-refractivity contribution in [3.05, 3.63) is 0 Å². The molecule has 2 saturated heterocycles. The first-order valence-electron chi connectivity index (χ1n) is 5.09. The second-order valence-corrected chi connectivity index (χ2v) is 5.63. The SMILES string of the molecule is NS(=O)(=O)N1CCN2CCCCC2C1. The largest absolute Gasteiger partial charge is 0.298 e. The Morgan fingerprint density at radius 3 is 2.64 bits per heavy atom. The Morgan fingerprint density at radius 2 is 1.93 bits per heavy atom. The van der Waals surface area contributed by atoms with E-state index in [4.69, 9.17) is 5.14 Å². The van der Waals surface area contributed by atoms with Crippen LogP contribution < -0.4 is 5.14 Å². The highest BCUT2D eigenvalue weighted by Crippen LogP contribution is 2.21. The summed E-state index contributed by atoms with van der Waals surface area (Å²) in [6, 6.07) is 0.399. The fourth-order valence-corrected chi connectivity index (χ4v) is 3.07. The van der Waals surface area contributed by atoms with Crippen molar-refractivity contribution in [2.75, 3.05) is 26.2 Å². The first-order chi connectivity index (χ1) is 6.57. The maximum absolute atomic E-state index is 11.1. The van der Waals surface area contributed by atoms with E-state index in [2.05, 4.69) is 4.90 Å². The molecule has 0 aromatic rings. The highest BCUT2D eigenvalue weighted by atomic mass is 32.2. The van der Waals surface area contributed by atoms with Crippen LogP contribution in [0.2, 0.25) is 0 Å². The normalized spacial score (nSPS) is 31.4. The van der Waals surface area contributed by atoms with Crippen molar-refractivity contribution in [3.8, 4) is 0 Å². The first-order valence-corrected chi connectivity index (χ1v) is 6.59. The van der Waals surface area contributed by atoms with Crippen LogP contribution in [0.5, 0.6) is 0 Å². The van der Waals surface area contributed by atoms with Crippen molar-refractivity contribution < 1.29 is 8.42 Å². The van der Waals surface area contributed by atoms with Crippen molar-refractivity contribution in [1.29, 1.82) is 0 Å². The van der Waals surface area contributed by atoms with E-state index in [1.807, 2.05) is 0 Å². The molecule has 0 spiro atoms. The highest BCUT2D eigenvalue weighted by molar-refractivity contribution is 7.86. The molecule has 0 aliphatic carbocycles. The summed E-state index contributed by atoms with van der Waals surface area (Å²) in [5.74, 6) is 0. The smallest absolute Gasteiger partial charge is 0.276 e. The van der Waals surface area contributed by atoms with Crippen LogP contribution in [0, 0.1) is 0 Å². The Balaban J connectivity index is 2.03. The summed E-state index contributed by atoms with van der Waals surface area (Å²) in [4.78, 5) is 2.38. The fourth-order valence-electron chi connectivity index (χ4n) is 2.36. The van der Waals surface area contributed by atoms with Gasteiger partial charge in [-0.3, -0.25) is 4.90 Å². The van der Waals surface area contributed by atoms with Gasteiger partial charge in [0.25, 0.3) is 10.2 Å². The summed E-state index contributed by atoms with van der Waals surface area (Å²) in [5, 5.41) is 5.11. The lowest BCUT2D eigenvalue weighted by Crippen LogP contribution is -2.57. The Morgan fingerprint density at radius 1 is 1.14 bits per heavy atom. The van der Waals surface area contributed by atoms with Crippen LogP contribution >= 0.6 is 0 Å². The van der Waals surface area contributed by atoms with E-state index in [1.54, 1.807) is 0 Å². The van der Waals surface area contributed by atoms with Crippen molar-refractivity contribution >= 4 is 10.2 Å². The Kier molecular flexibility index (Phi) is 2.79. The van der Waals surface area contributed by atoms with E-state index in [1.165, 1.54) is 17.1 Å². The molecule has 1 unspecified atom stereocenters. The van der Waals surface area contributed by atoms with E-state index in [0.29, 0.717) is 19.1 Å². The monoisotopic (exact) mass is 219 g/mol. The Hall–Kier alpha value is -0.170. The number of rotatable bonds is 1. The molecule has 1 atom stereocenters. The lowest BCUT2D eigenvalue weighted by molar-refractivity contribution is 0.0852. The van der Waals surface area contributed by atoms with Crippen LogP contribution in [0.4, 0.5) is 0 Å². The fraction of sp³-hybridized carbons (Fsp3) is 1.00. The zero-order valence-corrected chi connectivity index (χ0v) is 9.04. The summed E-state index contributed by atoms with van der Waals surface area (Å²) in [7, 11) is -3.47. The molecular weight excluding hydrogens is 202 g/mol. The first kappa shape index (κ1) is 10.4. The number of hydrogen-bond donors (Lipinski definition) is 1. The van der Waals surface area contributed by atoms with Crippen LogP contribution in [0.15, 0.2) is 0 Å². The molecule has 2 aliphatic heterocycles. The van der Waals surface area contributed by atoms with E-state index in [9.17, 15) is 8.42 Å². The van der Waals surface area contributed by atoms with E-state index >= 15 is 0 Å². The Labute approximate surface area is 85.0 Å². The summed E-state index contributed by atoms with van der Waals surface area (Å²) in [5.41, 5.74) is 0. The van der Waals surface area contributed by atoms with Crippen LogP contribution in [-0.2, 0) is 10.2 Å². The highest BCUT2D eigenvalue weighted by Gasteiger charge is 2.32. The van der Waals surface area contributed by atoms with Crippen LogP contribution in [0.3, 0.4) is 0 Å². The zero-order valence-electron chi connectivity index (χ0n) is 8.22. The van der Waals surface area contributed by atoms with Gasteiger partial charge < -0.3 is 0 Å². The molecule has 0 radical (unpaired) electrons. The third kappa shape index (κ3) is 2.08. The second-order valence-electron chi connectivity index (χ2n) is 4.09. The van der Waals surface area contributed by atoms with Gasteiger partial charge in [0.15, 0.2) is 0 Å². The number of nitrogens with two attached hydrogens (primary N) is 1. The lowest BCUT2D eigenvalue weighted by atomic mass is 10.0. The van der Waals surface area contributed by atoms with Gasteiger partial charge in [0, 0.05) is 25.7 Å². The van der Waals surface area contributed by atoms with Gasteiger partial charge in [-0.05, 0) is 19.4 Å². The van der Waals surface area contributed by atoms with Crippen LogP contribution in [-0.4, -0.2) is 49.8 Å². The van der Waals surface area contributed by atoms with Crippen molar-refractivity contribution in [2.24, 2.45) is 5.14 Å². The van der Waals surface area contributed by atoms with Gasteiger partial charge in [-0.2, -0.15) is 12.7 Å². The molecule has 0 aromatic carbocycles. The van der Waals surface area contributed by atoms with Gasteiger partial charge in [-0.15, -0.1) is 0 Å². The average molecular weight is 219 g/mol. The minimum absolute atomic E-state index is 0.399. The number of piperazine rings is 1. The minimum Gasteiger partial charge on any atom is -0.298 e. The molecule has 82 valence electrons. The molecule has 2 heterocycles. The summed E-state index contributed by atoms with van der Waals surface area (Å²) in [6.07, 6.45) is 3.55. The standard InChI is InChI=1S/C8H17N3O2S/c9-14(12,13)11-6-5-10-4-2-1-3-8(10)7-11/h8H,1-7H2,(H2,9,12,13). The minimum atomic E-state index is -3.47. The maximum atomic E-state index is 11.1. The van der Waals surface area contributed by atoms with Gasteiger partial charge >= 0.3 is 0 Å². The zero-order chi connectivity index (χ0) is 10.2. The quantitative estimate of drug-likeness (QED) is 0.638. The molecule has 0 aromatic heterocycles. The average Bonchev–Trinajstić information content (AvgIpc) is 2.16. The molecular formula is C8H17N3O2S. The molecule has 2 rings (SSSR count).